The zero-order chi connectivity index (χ0) is 32.8. The number of phenols is 2. The fourth-order valence-electron chi connectivity index (χ4n) is 3.74. The van der Waals surface area contributed by atoms with Crippen molar-refractivity contribution in [2.24, 2.45) is 20.5 Å². The second-order valence-corrected chi connectivity index (χ2v) is 14.7. The molecule has 0 atom stereocenters. The van der Waals surface area contributed by atoms with Gasteiger partial charge in [-0.2, -0.15) is 27.1 Å². The van der Waals surface area contributed by atoms with Crippen LogP contribution in [0.1, 0.15) is 0 Å². The summed E-state index contributed by atoms with van der Waals surface area (Å²) in [5.41, 5.74) is -2.50. The number of azo groups is 2. The molecule has 0 saturated heterocycles. The third-order valence-electron chi connectivity index (χ3n) is 5.67. The molecule has 0 spiro atoms. The molecule has 0 radical (unpaired) electrons. The topological polar surface area (TPSA) is 314 Å². The van der Waals surface area contributed by atoms with Gasteiger partial charge in [0.25, 0.3) is 20.2 Å². The molecule has 8 N–H and O–H groups in total. The lowest BCUT2D eigenvalue weighted by Gasteiger charge is -2.13. The SMILES string of the molecule is O=P(O)(O)c1cccc(N=Nc2c(S(=O)(=O)O)cc3cc(S(=O)(=O)O)c(N=Nc4cccc(P(=O)(O)O)c4)c(O)c3c2O)c1. The summed E-state index contributed by atoms with van der Waals surface area (Å²) in [6.07, 6.45) is 0. The Morgan fingerprint density at radius 1 is 0.568 bits per heavy atom. The first-order chi connectivity index (χ1) is 20.2. The molecule has 4 rings (SSSR count). The summed E-state index contributed by atoms with van der Waals surface area (Å²) in [5.74, 6) is -2.41. The Bertz CT molecular complexity index is 2060. The van der Waals surface area contributed by atoms with Gasteiger partial charge in [-0.25, -0.2) is 0 Å². The normalized spacial score (nSPS) is 13.3. The van der Waals surface area contributed by atoms with Gasteiger partial charge in [-0.05, 0) is 53.9 Å². The van der Waals surface area contributed by atoms with Gasteiger partial charge in [-0.15, -0.1) is 10.2 Å². The molecule has 22 heteroatoms. The van der Waals surface area contributed by atoms with Crippen molar-refractivity contribution in [3.63, 3.8) is 0 Å². The second kappa shape index (κ2) is 11.5. The Labute approximate surface area is 246 Å². The lowest BCUT2D eigenvalue weighted by atomic mass is 10.1. The maximum atomic E-state index is 12.2. The highest BCUT2D eigenvalue weighted by Crippen LogP contribution is 2.50. The number of hydrogen-bond acceptors (Lipinski definition) is 12. The first-order valence-corrected chi connectivity index (χ1v) is 17.4. The second-order valence-electron chi connectivity index (χ2n) is 8.72. The molecular weight excluding hydrogens is 670 g/mol. The van der Waals surface area contributed by atoms with Crippen LogP contribution in [0.3, 0.4) is 0 Å². The Hall–Kier alpha value is -3.94. The van der Waals surface area contributed by atoms with Crippen LogP contribution in [0.4, 0.5) is 22.7 Å². The van der Waals surface area contributed by atoms with Gasteiger partial charge in [0, 0.05) is 0 Å². The molecule has 0 unspecified atom stereocenters. The smallest absolute Gasteiger partial charge is 0.356 e. The molecule has 4 aromatic rings. The van der Waals surface area contributed by atoms with Gasteiger partial charge < -0.3 is 29.8 Å². The minimum atomic E-state index is -5.25. The van der Waals surface area contributed by atoms with Crippen molar-refractivity contribution in [1.29, 1.82) is 0 Å². The third kappa shape index (κ3) is 7.06. The molecule has 0 aliphatic carbocycles. The number of rotatable bonds is 8. The number of benzene rings is 4. The zero-order valence-corrected chi connectivity index (χ0v) is 24.7. The van der Waals surface area contributed by atoms with E-state index in [-0.39, 0.29) is 11.4 Å². The van der Waals surface area contributed by atoms with Crippen molar-refractivity contribution >= 4 is 79.6 Å². The number of nitrogens with zero attached hydrogens (tertiary/aromatic N) is 4. The first kappa shape index (κ1) is 33.0. The van der Waals surface area contributed by atoms with Gasteiger partial charge in [0.05, 0.1) is 27.4 Å². The average Bonchev–Trinajstić information content (AvgIpc) is 2.90. The van der Waals surface area contributed by atoms with E-state index in [1.807, 2.05) is 0 Å². The minimum absolute atomic E-state index is 0.246. The Morgan fingerprint density at radius 3 is 1.25 bits per heavy atom. The fraction of sp³-hybridized carbons (Fsp3) is 0. The fourth-order valence-corrected chi connectivity index (χ4v) is 6.21. The number of phenolic OH excluding ortho intramolecular Hbond substituents is 2. The van der Waals surface area contributed by atoms with E-state index in [0.29, 0.717) is 12.1 Å². The number of aromatic hydroxyl groups is 2. The molecule has 0 aromatic heterocycles. The van der Waals surface area contributed by atoms with Crippen LogP contribution in [0, 0.1) is 0 Å². The van der Waals surface area contributed by atoms with Crippen LogP contribution in [-0.4, -0.2) is 55.7 Å². The molecule has 0 aliphatic heterocycles. The highest BCUT2D eigenvalue weighted by molar-refractivity contribution is 7.86. The molecule has 18 nitrogen and oxygen atoms in total. The molecule has 0 heterocycles. The maximum Gasteiger partial charge on any atom is 0.356 e. The van der Waals surface area contributed by atoms with E-state index in [9.17, 15) is 64.9 Å². The van der Waals surface area contributed by atoms with E-state index in [2.05, 4.69) is 20.5 Å². The van der Waals surface area contributed by atoms with Crippen molar-refractivity contribution in [2.75, 3.05) is 0 Å². The molecular formula is C22H18N4O14P2S2. The van der Waals surface area contributed by atoms with Crippen molar-refractivity contribution in [1.82, 2.24) is 0 Å². The van der Waals surface area contributed by atoms with Crippen LogP contribution in [-0.2, 0) is 29.4 Å². The van der Waals surface area contributed by atoms with Crippen molar-refractivity contribution < 1.29 is 64.9 Å². The van der Waals surface area contributed by atoms with E-state index in [1.54, 1.807) is 0 Å². The zero-order valence-electron chi connectivity index (χ0n) is 21.3. The van der Waals surface area contributed by atoms with Crippen LogP contribution in [0.25, 0.3) is 10.8 Å². The Kier molecular flexibility index (Phi) is 8.64. The lowest BCUT2D eigenvalue weighted by Crippen LogP contribution is -2.02. The largest absolute Gasteiger partial charge is 0.505 e. The summed E-state index contributed by atoms with van der Waals surface area (Å²) in [5, 5.41) is 34.1. The predicted octanol–water partition coefficient (Wildman–Crippen LogP) is 3.18. The van der Waals surface area contributed by atoms with Gasteiger partial charge in [0.15, 0.2) is 11.5 Å². The molecule has 0 saturated carbocycles. The van der Waals surface area contributed by atoms with Crippen molar-refractivity contribution in [2.45, 2.75) is 9.79 Å². The summed E-state index contributed by atoms with van der Waals surface area (Å²) >= 11 is 0. The van der Waals surface area contributed by atoms with Gasteiger partial charge in [-0.3, -0.25) is 18.2 Å². The minimum Gasteiger partial charge on any atom is -0.505 e. The summed E-state index contributed by atoms with van der Waals surface area (Å²) in [6.45, 7) is 0. The van der Waals surface area contributed by atoms with E-state index >= 15 is 0 Å². The van der Waals surface area contributed by atoms with Crippen LogP contribution in [0.5, 0.6) is 11.5 Å². The first-order valence-electron chi connectivity index (χ1n) is 11.3. The Morgan fingerprint density at radius 2 is 0.932 bits per heavy atom. The highest BCUT2D eigenvalue weighted by Gasteiger charge is 2.29. The Balaban J connectivity index is 1.99. The van der Waals surface area contributed by atoms with E-state index in [4.69, 9.17) is 0 Å². The molecule has 0 bridgehead atoms. The van der Waals surface area contributed by atoms with Crippen molar-refractivity contribution in [3.05, 3.63) is 60.7 Å². The van der Waals surface area contributed by atoms with Crippen LogP contribution >= 0.6 is 15.2 Å². The third-order valence-corrected chi connectivity index (χ3v) is 9.31. The van der Waals surface area contributed by atoms with Gasteiger partial charge in [0.2, 0.25) is 0 Å². The number of fused-ring (bicyclic) bond motifs is 1. The summed E-state index contributed by atoms with van der Waals surface area (Å²) in [6, 6.07) is 9.84. The summed E-state index contributed by atoms with van der Waals surface area (Å²) in [7, 11) is -20.0. The molecule has 232 valence electrons. The summed E-state index contributed by atoms with van der Waals surface area (Å²) in [4.78, 5) is 35.1. The highest BCUT2D eigenvalue weighted by atomic mass is 32.2. The molecule has 0 aliphatic rings. The van der Waals surface area contributed by atoms with Crippen molar-refractivity contribution in [3.8, 4) is 11.5 Å². The summed E-state index contributed by atoms with van der Waals surface area (Å²) < 4.78 is 91.3. The average molecular weight is 688 g/mol. The molecule has 0 amide bonds. The maximum absolute atomic E-state index is 12.2. The van der Waals surface area contributed by atoms with Gasteiger partial charge >= 0.3 is 15.2 Å². The predicted molar refractivity (Wildman–Crippen MR) is 151 cm³/mol. The quantitative estimate of drug-likeness (QED) is 0.0749. The van der Waals surface area contributed by atoms with Crippen LogP contribution < -0.4 is 10.6 Å². The molecule has 0 fully saturated rings. The lowest BCUT2D eigenvalue weighted by molar-refractivity contribution is 0.385. The van der Waals surface area contributed by atoms with Gasteiger partial charge in [0.1, 0.15) is 21.2 Å². The standard InChI is InChI=1S/C22H18N4O14P2S2/c27-21-18-11(7-16(43(35,36)37)19(21)25-23-12-3-1-5-14(9-12)41(29,30)31)8-17(44(38,39)40)20(22(18)28)26-24-13-4-2-6-15(10-13)42(32,33)34/h1-10,27-28H,(H2,29,30,31)(H2,32,33,34)(H,35,36,37)(H,38,39,40). The van der Waals surface area contributed by atoms with Gasteiger partial charge in [-0.1, -0.05) is 12.1 Å². The van der Waals surface area contributed by atoms with E-state index < -0.39 is 89.5 Å². The monoisotopic (exact) mass is 688 g/mol. The van der Waals surface area contributed by atoms with Crippen LogP contribution in [0.2, 0.25) is 0 Å². The molecule has 4 aromatic carbocycles. The number of hydrogen-bond donors (Lipinski definition) is 8. The van der Waals surface area contributed by atoms with Crippen LogP contribution in [0.15, 0.2) is 90.9 Å². The van der Waals surface area contributed by atoms with E-state index in [0.717, 1.165) is 24.3 Å². The van der Waals surface area contributed by atoms with E-state index in [1.165, 1.54) is 24.3 Å². The molecule has 44 heavy (non-hydrogen) atoms.